The first-order chi connectivity index (χ1) is 15.6. The molecule has 4 rings (SSSR count). The first kappa shape index (κ1) is 23.5. The van der Waals surface area contributed by atoms with Gasteiger partial charge >= 0.3 is 0 Å². The summed E-state index contributed by atoms with van der Waals surface area (Å²) >= 11 is 0. The maximum atomic E-state index is 14.3. The van der Waals surface area contributed by atoms with E-state index in [1.807, 2.05) is 20.0 Å². The molecule has 2 aromatic rings. The molecule has 0 unspecified atom stereocenters. The summed E-state index contributed by atoms with van der Waals surface area (Å²) in [5, 5.41) is 4.92. The number of fused-ring (bicyclic) bond motifs is 1. The zero-order valence-corrected chi connectivity index (χ0v) is 20.5. The van der Waals surface area contributed by atoms with Crippen LogP contribution in [-0.2, 0) is 10.2 Å². The quantitative estimate of drug-likeness (QED) is 0.566. The topological polar surface area (TPSA) is 45.2 Å². The normalized spacial score (nSPS) is 21.7. The minimum absolute atomic E-state index is 0.0307. The zero-order valence-electron chi connectivity index (χ0n) is 20.5. The largest absolute Gasteiger partial charge is 0.382 e. The number of hydrogen-bond donors (Lipinski definition) is 1. The number of aromatic nitrogens is 1. The van der Waals surface area contributed by atoms with Crippen LogP contribution in [0.3, 0.4) is 0 Å². The van der Waals surface area contributed by atoms with Crippen molar-refractivity contribution >= 4 is 22.5 Å². The van der Waals surface area contributed by atoms with Crippen LogP contribution in [0.5, 0.6) is 0 Å². The summed E-state index contributed by atoms with van der Waals surface area (Å²) in [7, 11) is 1.82. The van der Waals surface area contributed by atoms with E-state index >= 15 is 0 Å². The molecule has 1 aromatic heterocycles. The SMILES string of the molecule is CC1=CC(C(=O)N(C)C2CCC(Nc3cc(C(C)(C)C)nc4ccccc34)CC2)=C(F)CC1. The lowest BCUT2D eigenvalue weighted by Gasteiger charge is -2.36. The molecule has 1 saturated carbocycles. The van der Waals surface area contributed by atoms with Crippen molar-refractivity contribution in [2.75, 3.05) is 12.4 Å². The van der Waals surface area contributed by atoms with Gasteiger partial charge in [-0.15, -0.1) is 0 Å². The number of pyridine rings is 1. The lowest BCUT2D eigenvalue weighted by molar-refractivity contribution is -0.128. The van der Waals surface area contributed by atoms with Crippen LogP contribution in [-0.4, -0.2) is 34.9 Å². The monoisotopic (exact) mass is 449 g/mol. The van der Waals surface area contributed by atoms with Crippen LogP contribution in [0, 0.1) is 0 Å². The molecule has 0 radical (unpaired) electrons. The molecule has 1 heterocycles. The molecule has 2 aliphatic carbocycles. The summed E-state index contributed by atoms with van der Waals surface area (Å²) in [6.45, 7) is 8.53. The van der Waals surface area contributed by atoms with Crippen LogP contribution >= 0.6 is 0 Å². The van der Waals surface area contributed by atoms with Crippen molar-refractivity contribution in [3.63, 3.8) is 0 Å². The van der Waals surface area contributed by atoms with Crippen LogP contribution in [0.15, 0.2) is 53.4 Å². The van der Waals surface area contributed by atoms with E-state index in [2.05, 4.69) is 50.4 Å². The number of allylic oxidation sites excluding steroid dienone is 2. The molecular formula is C28H36FN3O. The molecule has 0 spiro atoms. The molecule has 1 N–H and O–H groups in total. The highest BCUT2D eigenvalue weighted by Crippen LogP contribution is 2.33. The fourth-order valence-corrected chi connectivity index (χ4v) is 4.88. The zero-order chi connectivity index (χ0) is 23.8. The number of anilines is 1. The molecule has 1 fully saturated rings. The average Bonchev–Trinajstić information content (AvgIpc) is 2.79. The third-order valence-corrected chi connectivity index (χ3v) is 7.06. The molecule has 2 aliphatic rings. The lowest BCUT2D eigenvalue weighted by atomic mass is 9.88. The summed E-state index contributed by atoms with van der Waals surface area (Å²) in [5.41, 5.74) is 4.51. The van der Waals surface area contributed by atoms with E-state index < -0.39 is 0 Å². The number of hydrogen-bond acceptors (Lipinski definition) is 3. The van der Waals surface area contributed by atoms with E-state index in [0.29, 0.717) is 18.9 Å². The smallest absolute Gasteiger partial charge is 0.256 e. The van der Waals surface area contributed by atoms with Gasteiger partial charge in [0.2, 0.25) is 0 Å². The number of halogens is 1. The number of para-hydroxylation sites is 1. The molecule has 5 heteroatoms. The molecule has 0 atom stereocenters. The fourth-order valence-electron chi connectivity index (χ4n) is 4.88. The van der Waals surface area contributed by atoms with Crippen molar-refractivity contribution < 1.29 is 9.18 Å². The Kier molecular flexibility index (Phi) is 6.60. The van der Waals surface area contributed by atoms with Crippen LogP contribution < -0.4 is 5.32 Å². The second-order valence-corrected chi connectivity index (χ2v) is 10.7. The predicted molar refractivity (Wildman–Crippen MR) is 134 cm³/mol. The van der Waals surface area contributed by atoms with E-state index in [4.69, 9.17) is 4.98 Å². The van der Waals surface area contributed by atoms with Gasteiger partial charge in [0.25, 0.3) is 5.91 Å². The van der Waals surface area contributed by atoms with Crippen molar-refractivity contribution in [2.24, 2.45) is 0 Å². The number of likely N-dealkylation sites (N-methyl/N-ethyl adjacent to an activating group) is 1. The Morgan fingerprint density at radius 3 is 2.52 bits per heavy atom. The first-order valence-corrected chi connectivity index (χ1v) is 12.1. The van der Waals surface area contributed by atoms with Gasteiger partial charge in [-0.3, -0.25) is 9.78 Å². The number of benzene rings is 1. The maximum absolute atomic E-state index is 14.3. The Morgan fingerprint density at radius 2 is 1.82 bits per heavy atom. The highest BCUT2D eigenvalue weighted by molar-refractivity contribution is 5.97. The lowest BCUT2D eigenvalue weighted by Crippen LogP contribution is -2.42. The van der Waals surface area contributed by atoms with Gasteiger partial charge in [0.15, 0.2) is 0 Å². The molecule has 176 valence electrons. The third-order valence-electron chi connectivity index (χ3n) is 7.06. The molecule has 0 aliphatic heterocycles. The number of carbonyl (C=O) groups is 1. The third kappa shape index (κ3) is 5.13. The minimum Gasteiger partial charge on any atom is -0.382 e. The second-order valence-electron chi connectivity index (χ2n) is 10.7. The summed E-state index contributed by atoms with van der Waals surface area (Å²) in [6.07, 6.45) is 6.53. The van der Waals surface area contributed by atoms with Gasteiger partial charge < -0.3 is 10.2 Å². The molecule has 0 bridgehead atoms. The Balaban J connectivity index is 1.45. The summed E-state index contributed by atoms with van der Waals surface area (Å²) in [5.74, 6) is -0.454. The molecule has 33 heavy (non-hydrogen) atoms. The molecule has 1 aromatic carbocycles. The fraction of sp³-hybridized carbons (Fsp3) is 0.500. The van der Waals surface area contributed by atoms with Crippen LogP contribution in [0.25, 0.3) is 10.9 Å². The average molecular weight is 450 g/mol. The van der Waals surface area contributed by atoms with E-state index in [0.717, 1.165) is 53.5 Å². The van der Waals surface area contributed by atoms with Crippen molar-refractivity contribution in [3.05, 3.63) is 59.1 Å². The van der Waals surface area contributed by atoms with Gasteiger partial charge in [0.05, 0.1) is 11.1 Å². The summed E-state index contributed by atoms with van der Waals surface area (Å²) in [4.78, 5) is 19.6. The predicted octanol–water partition coefficient (Wildman–Crippen LogP) is 6.68. The number of nitrogens with zero attached hydrogens (tertiary/aromatic N) is 2. The van der Waals surface area contributed by atoms with Crippen LogP contribution in [0.2, 0.25) is 0 Å². The Bertz CT molecular complexity index is 1100. The standard InChI is InChI=1S/C28H36FN3O/c1-18-10-15-23(29)22(16-18)27(33)32(5)20-13-11-19(12-14-20)30-25-17-26(28(2,3)4)31-24-9-7-6-8-21(24)25/h6-9,16-17,19-20H,10-15H2,1-5H3,(H,30,31). The van der Waals surface area contributed by atoms with Crippen LogP contribution in [0.4, 0.5) is 10.1 Å². The van der Waals surface area contributed by atoms with E-state index in [1.54, 1.807) is 11.0 Å². The van der Waals surface area contributed by atoms with Crippen molar-refractivity contribution in [1.29, 1.82) is 0 Å². The van der Waals surface area contributed by atoms with Gasteiger partial charge in [0.1, 0.15) is 5.83 Å². The number of rotatable bonds is 4. The van der Waals surface area contributed by atoms with Crippen molar-refractivity contribution in [1.82, 2.24) is 9.88 Å². The van der Waals surface area contributed by atoms with Gasteiger partial charge in [-0.1, -0.05) is 44.5 Å². The Labute approximate surface area is 197 Å². The first-order valence-electron chi connectivity index (χ1n) is 12.1. The van der Waals surface area contributed by atoms with Crippen LogP contribution in [0.1, 0.15) is 71.9 Å². The highest BCUT2D eigenvalue weighted by atomic mass is 19.1. The van der Waals surface area contributed by atoms with Crippen molar-refractivity contribution in [3.8, 4) is 0 Å². The molecule has 0 saturated heterocycles. The van der Waals surface area contributed by atoms with Gasteiger partial charge in [-0.2, -0.15) is 0 Å². The second kappa shape index (κ2) is 9.28. The summed E-state index contributed by atoms with van der Waals surface area (Å²) < 4.78 is 14.3. The van der Waals surface area contributed by atoms with E-state index in [9.17, 15) is 9.18 Å². The van der Waals surface area contributed by atoms with Gasteiger partial charge in [0, 0.05) is 47.7 Å². The molecule has 1 amide bonds. The van der Waals surface area contributed by atoms with Crippen molar-refractivity contribution in [2.45, 2.75) is 83.7 Å². The molecule has 4 nitrogen and oxygen atoms in total. The number of amides is 1. The molecular weight excluding hydrogens is 413 g/mol. The van der Waals surface area contributed by atoms with Gasteiger partial charge in [-0.25, -0.2) is 4.39 Å². The maximum Gasteiger partial charge on any atom is 0.256 e. The van der Waals surface area contributed by atoms with E-state index in [1.165, 1.54) is 0 Å². The summed E-state index contributed by atoms with van der Waals surface area (Å²) in [6, 6.07) is 11.0. The highest BCUT2D eigenvalue weighted by Gasteiger charge is 2.30. The van der Waals surface area contributed by atoms with Gasteiger partial charge in [-0.05, 0) is 57.2 Å². The Morgan fingerprint density at radius 1 is 1.12 bits per heavy atom. The minimum atomic E-state index is -0.271. The number of carbonyl (C=O) groups excluding carboxylic acids is 1. The number of nitrogens with one attached hydrogen (secondary N) is 1. The Hall–Kier alpha value is -2.69. The van der Waals surface area contributed by atoms with E-state index in [-0.39, 0.29) is 28.8 Å².